The summed E-state index contributed by atoms with van der Waals surface area (Å²) < 4.78 is 0. The van der Waals surface area contributed by atoms with Crippen LogP contribution in [0.5, 0.6) is 5.75 Å². The number of benzene rings is 2. The number of nitrogens with one attached hydrogen (secondary N) is 4. The molecule has 0 spiro atoms. The zero-order valence-corrected chi connectivity index (χ0v) is 17.6. The van der Waals surface area contributed by atoms with Crippen LogP contribution in [0, 0.1) is 5.41 Å². The van der Waals surface area contributed by atoms with Crippen LogP contribution in [0.25, 0.3) is 0 Å². The van der Waals surface area contributed by atoms with E-state index in [0.29, 0.717) is 25.1 Å². The van der Waals surface area contributed by atoms with Crippen LogP contribution in [0.4, 0.5) is 0 Å². The minimum Gasteiger partial charge on any atom is -0.508 e. The highest BCUT2D eigenvalue weighted by Gasteiger charge is 2.13. The first-order valence-corrected chi connectivity index (χ1v) is 9.34. The molecule has 0 fully saturated rings. The highest BCUT2D eigenvalue weighted by molar-refractivity contribution is 5.94. The molecule has 0 aliphatic rings. The lowest BCUT2D eigenvalue weighted by Gasteiger charge is -2.14. The van der Waals surface area contributed by atoms with E-state index in [1.165, 1.54) is 0 Å². The minimum atomic E-state index is -0.465. The molecule has 0 aliphatic heterocycles. The van der Waals surface area contributed by atoms with E-state index >= 15 is 0 Å². The van der Waals surface area contributed by atoms with E-state index in [-0.39, 0.29) is 42.4 Å². The predicted octanol–water partition coefficient (Wildman–Crippen LogP) is 1.05. The number of carbonyl (C=O) groups is 2. The molecule has 2 aromatic carbocycles. The molecule has 0 saturated heterocycles. The second-order valence-electron chi connectivity index (χ2n) is 6.70. The number of nitrogens with two attached hydrogens (primary N) is 1. The summed E-state index contributed by atoms with van der Waals surface area (Å²) in [5.74, 6) is -0.307. The largest absolute Gasteiger partial charge is 0.508 e. The van der Waals surface area contributed by atoms with Gasteiger partial charge in [0, 0.05) is 18.7 Å². The molecule has 0 heterocycles. The first kappa shape index (κ1) is 24.9. The van der Waals surface area contributed by atoms with Crippen molar-refractivity contribution >= 4 is 30.1 Å². The van der Waals surface area contributed by atoms with E-state index in [4.69, 9.17) is 11.1 Å². The van der Waals surface area contributed by atoms with E-state index in [9.17, 15) is 14.7 Å². The van der Waals surface area contributed by atoms with Gasteiger partial charge in [0.25, 0.3) is 0 Å². The number of phenols is 1. The highest BCUT2D eigenvalue weighted by Crippen LogP contribution is 2.09. The summed E-state index contributed by atoms with van der Waals surface area (Å²) in [5.41, 5.74) is 8.03. The Morgan fingerprint density at radius 3 is 2.23 bits per heavy atom. The predicted molar refractivity (Wildman–Crippen MR) is 119 cm³/mol. The molecule has 30 heavy (non-hydrogen) atoms. The standard InChI is InChI=1S/C21H27N5O3.ClH/c1-14(25-12-16-2-6-17(7-3-16)20(22)23)21(29)26-13-19(28)24-11-10-15-4-8-18(27)9-5-15;/h2-9,14,25,27H,10-13H2,1H3,(H3,22,23)(H,24,28)(H,26,29);1H. The van der Waals surface area contributed by atoms with E-state index in [1.54, 1.807) is 43.3 Å². The first-order valence-electron chi connectivity index (χ1n) is 9.34. The van der Waals surface area contributed by atoms with Crippen molar-refractivity contribution in [3.63, 3.8) is 0 Å². The van der Waals surface area contributed by atoms with Gasteiger partial charge in [-0.2, -0.15) is 0 Å². The van der Waals surface area contributed by atoms with Crippen LogP contribution in [0.3, 0.4) is 0 Å². The summed E-state index contributed by atoms with van der Waals surface area (Å²) in [6, 6.07) is 13.5. The average Bonchev–Trinajstić information content (AvgIpc) is 2.72. The Morgan fingerprint density at radius 1 is 1.03 bits per heavy atom. The summed E-state index contributed by atoms with van der Waals surface area (Å²) in [4.78, 5) is 24.0. The number of carbonyl (C=O) groups excluding carboxylic acids is 2. The lowest BCUT2D eigenvalue weighted by atomic mass is 10.1. The summed E-state index contributed by atoms with van der Waals surface area (Å²) in [6.45, 7) is 2.56. The first-order chi connectivity index (χ1) is 13.8. The summed E-state index contributed by atoms with van der Waals surface area (Å²) in [5, 5.41) is 25.1. The SMILES string of the molecule is CC(NCc1ccc(C(=N)N)cc1)C(=O)NCC(=O)NCCc1ccc(O)cc1.Cl. The lowest BCUT2D eigenvalue weighted by molar-refractivity contribution is -0.127. The fourth-order valence-electron chi connectivity index (χ4n) is 2.56. The molecule has 2 aromatic rings. The maximum Gasteiger partial charge on any atom is 0.239 e. The van der Waals surface area contributed by atoms with Crippen LogP contribution in [0.1, 0.15) is 23.6 Å². The number of aromatic hydroxyl groups is 1. The number of phenolic OH excluding ortho intramolecular Hbond substituents is 1. The molecule has 0 aliphatic carbocycles. The molecule has 1 atom stereocenters. The van der Waals surface area contributed by atoms with Crippen molar-refractivity contribution in [1.82, 2.24) is 16.0 Å². The molecule has 0 bridgehead atoms. The van der Waals surface area contributed by atoms with E-state index in [1.807, 2.05) is 12.1 Å². The number of rotatable bonds is 10. The lowest BCUT2D eigenvalue weighted by Crippen LogP contribution is -2.45. The van der Waals surface area contributed by atoms with Crippen LogP contribution in [0.2, 0.25) is 0 Å². The average molecular weight is 434 g/mol. The molecule has 162 valence electrons. The van der Waals surface area contributed by atoms with Crippen molar-refractivity contribution in [3.8, 4) is 5.75 Å². The number of halogens is 1. The van der Waals surface area contributed by atoms with Gasteiger partial charge >= 0.3 is 0 Å². The Kier molecular flexibility index (Phi) is 10.4. The zero-order valence-electron chi connectivity index (χ0n) is 16.8. The van der Waals surface area contributed by atoms with Crippen molar-refractivity contribution < 1.29 is 14.7 Å². The van der Waals surface area contributed by atoms with Crippen molar-refractivity contribution in [2.45, 2.75) is 25.9 Å². The number of hydrogen-bond acceptors (Lipinski definition) is 5. The molecule has 2 rings (SSSR count). The van der Waals surface area contributed by atoms with Crippen molar-refractivity contribution in [3.05, 3.63) is 65.2 Å². The molecule has 9 heteroatoms. The summed E-state index contributed by atoms with van der Waals surface area (Å²) >= 11 is 0. The van der Waals surface area contributed by atoms with E-state index in [0.717, 1.165) is 11.1 Å². The van der Waals surface area contributed by atoms with Gasteiger partial charge in [0.15, 0.2) is 0 Å². The van der Waals surface area contributed by atoms with Crippen LogP contribution in [-0.4, -0.2) is 41.9 Å². The van der Waals surface area contributed by atoms with Gasteiger partial charge in [0.2, 0.25) is 11.8 Å². The van der Waals surface area contributed by atoms with Crippen LogP contribution < -0.4 is 21.7 Å². The molecule has 1 unspecified atom stereocenters. The van der Waals surface area contributed by atoms with Gasteiger partial charge in [-0.1, -0.05) is 36.4 Å². The van der Waals surface area contributed by atoms with Crippen molar-refractivity contribution in [2.75, 3.05) is 13.1 Å². The van der Waals surface area contributed by atoms with Gasteiger partial charge in [-0.05, 0) is 36.6 Å². The van der Waals surface area contributed by atoms with Gasteiger partial charge in [0.1, 0.15) is 11.6 Å². The summed E-state index contributed by atoms with van der Waals surface area (Å²) in [6.07, 6.45) is 0.639. The summed E-state index contributed by atoms with van der Waals surface area (Å²) in [7, 11) is 0. The fourth-order valence-corrected chi connectivity index (χ4v) is 2.56. The van der Waals surface area contributed by atoms with Gasteiger partial charge in [-0.25, -0.2) is 0 Å². The second kappa shape index (κ2) is 12.5. The Morgan fingerprint density at radius 2 is 1.63 bits per heavy atom. The second-order valence-corrected chi connectivity index (χ2v) is 6.70. The molecule has 0 radical (unpaired) electrons. The van der Waals surface area contributed by atoms with Crippen LogP contribution in [-0.2, 0) is 22.6 Å². The quantitative estimate of drug-likeness (QED) is 0.245. The smallest absolute Gasteiger partial charge is 0.239 e. The van der Waals surface area contributed by atoms with Gasteiger partial charge < -0.3 is 26.8 Å². The molecule has 8 nitrogen and oxygen atoms in total. The maximum absolute atomic E-state index is 12.1. The maximum atomic E-state index is 12.1. The third-order valence-electron chi connectivity index (χ3n) is 4.37. The van der Waals surface area contributed by atoms with Gasteiger partial charge in [-0.15, -0.1) is 12.4 Å². The monoisotopic (exact) mass is 433 g/mol. The normalized spacial score (nSPS) is 11.1. The molecular weight excluding hydrogens is 406 g/mol. The third kappa shape index (κ3) is 8.50. The highest BCUT2D eigenvalue weighted by atomic mass is 35.5. The molecule has 7 N–H and O–H groups in total. The molecule has 2 amide bonds. The fraction of sp³-hybridized carbons (Fsp3) is 0.286. The van der Waals surface area contributed by atoms with Crippen LogP contribution in [0.15, 0.2) is 48.5 Å². The number of nitrogen functional groups attached to an aromatic ring is 1. The third-order valence-corrected chi connectivity index (χ3v) is 4.37. The topological polar surface area (TPSA) is 140 Å². The molecular formula is C21H28ClN5O3. The Hall–Kier alpha value is -3.10. The van der Waals surface area contributed by atoms with Gasteiger partial charge in [-0.3, -0.25) is 15.0 Å². The van der Waals surface area contributed by atoms with E-state index < -0.39 is 6.04 Å². The molecule has 0 saturated carbocycles. The minimum absolute atomic E-state index is 0. The van der Waals surface area contributed by atoms with Crippen LogP contribution >= 0.6 is 12.4 Å². The van der Waals surface area contributed by atoms with Gasteiger partial charge in [0.05, 0.1) is 12.6 Å². The van der Waals surface area contributed by atoms with E-state index in [2.05, 4.69) is 16.0 Å². The Bertz CT molecular complexity index is 841. The Labute approximate surface area is 182 Å². The zero-order chi connectivity index (χ0) is 21.2. The molecule has 0 aromatic heterocycles. The Balaban J connectivity index is 0.00000450. The number of hydrogen-bond donors (Lipinski definition) is 6. The number of amides is 2. The van der Waals surface area contributed by atoms with Crippen molar-refractivity contribution in [1.29, 1.82) is 5.41 Å². The van der Waals surface area contributed by atoms with Crippen molar-refractivity contribution in [2.24, 2.45) is 5.73 Å². The number of amidine groups is 1.